The highest BCUT2D eigenvalue weighted by Gasteiger charge is 2.09. The molecule has 0 radical (unpaired) electrons. The third-order valence-corrected chi connectivity index (χ3v) is 5.59. The van der Waals surface area contributed by atoms with Gasteiger partial charge in [-0.25, -0.2) is 14.4 Å². The second-order valence-corrected chi connectivity index (χ2v) is 8.37. The van der Waals surface area contributed by atoms with Gasteiger partial charge in [0.1, 0.15) is 0 Å². The Labute approximate surface area is 222 Å². The number of rotatable bonds is 12. The minimum Gasteiger partial charge on any atom is -0.478 e. The maximum absolute atomic E-state index is 11.1. The fourth-order valence-corrected chi connectivity index (χ4v) is 3.45. The Morgan fingerprint density at radius 1 is 0.462 bits per heavy atom. The molecule has 12 nitrogen and oxygen atoms in total. The predicted molar refractivity (Wildman–Crippen MR) is 142 cm³/mol. The van der Waals surface area contributed by atoms with Crippen LogP contribution >= 0.6 is 0 Å². The van der Waals surface area contributed by atoms with E-state index >= 15 is 0 Å². The zero-order chi connectivity index (χ0) is 27.8. The van der Waals surface area contributed by atoms with Crippen molar-refractivity contribution in [3.63, 3.8) is 0 Å². The lowest BCUT2D eigenvalue weighted by molar-refractivity contribution is 0.0686. The molecule has 4 rings (SSSR count). The zero-order valence-corrected chi connectivity index (χ0v) is 20.5. The van der Waals surface area contributed by atoms with Crippen LogP contribution in [0.2, 0.25) is 0 Å². The van der Waals surface area contributed by atoms with E-state index in [1.54, 1.807) is 36.4 Å². The number of benzene rings is 3. The molecule has 0 aliphatic heterocycles. The number of carboxylic acid groups (broad SMARTS) is 3. The van der Waals surface area contributed by atoms with E-state index < -0.39 is 17.9 Å². The van der Waals surface area contributed by atoms with Gasteiger partial charge in [-0.3, -0.25) is 0 Å². The van der Waals surface area contributed by atoms with Crippen molar-refractivity contribution >= 4 is 35.8 Å². The topological polar surface area (TPSA) is 187 Å². The van der Waals surface area contributed by atoms with Crippen LogP contribution in [0.15, 0.2) is 72.8 Å². The van der Waals surface area contributed by atoms with E-state index in [-0.39, 0.29) is 34.5 Å². The van der Waals surface area contributed by atoms with E-state index in [0.29, 0.717) is 19.6 Å². The van der Waals surface area contributed by atoms with Gasteiger partial charge in [-0.1, -0.05) is 36.4 Å². The Hall–Kier alpha value is -5.52. The molecule has 0 amide bonds. The molecule has 0 saturated carbocycles. The van der Waals surface area contributed by atoms with Crippen LogP contribution in [-0.4, -0.2) is 48.2 Å². The summed E-state index contributed by atoms with van der Waals surface area (Å²) in [7, 11) is 0. The number of nitrogens with zero attached hydrogens (tertiary/aromatic N) is 3. The molecule has 3 aromatic carbocycles. The molecule has 1 heterocycles. The van der Waals surface area contributed by atoms with Crippen molar-refractivity contribution in [1.29, 1.82) is 0 Å². The van der Waals surface area contributed by atoms with Crippen molar-refractivity contribution in [3.8, 4) is 0 Å². The van der Waals surface area contributed by atoms with Gasteiger partial charge in [0.2, 0.25) is 17.8 Å². The molecule has 0 aliphatic carbocycles. The van der Waals surface area contributed by atoms with Gasteiger partial charge >= 0.3 is 17.9 Å². The molecule has 0 spiro atoms. The highest BCUT2D eigenvalue weighted by molar-refractivity contribution is 5.88. The summed E-state index contributed by atoms with van der Waals surface area (Å²) in [4.78, 5) is 46.4. The molecular formula is C27H24N6O6. The standard InChI is InChI=1S/C27H24N6O6/c34-22(35)19-7-1-16(2-8-19)13-28-25-31-26(29-14-17-3-9-20(10-4-17)23(36)37)33-27(32-25)30-15-18-5-11-21(12-6-18)24(38)39/h1-12H,13-15H2,(H,34,35)(H,36,37)(H,38,39)(H3,28,29,30,31,32,33). The Morgan fingerprint density at radius 2 is 0.692 bits per heavy atom. The van der Waals surface area contributed by atoms with Crippen LogP contribution in [0.4, 0.5) is 17.8 Å². The second kappa shape index (κ2) is 12.1. The number of nitrogens with one attached hydrogen (secondary N) is 3. The first kappa shape index (κ1) is 26.5. The van der Waals surface area contributed by atoms with Crippen molar-refractivity contribution in [2.24, 2.45) is 0 Å². The highest BCUT2D eigenvalue weighted by atomic mass is 16.4. The summed E-state index contributed by atoms with van der Waals surface area (Å²) >= 11 is 0. The van der Waals surface area contributed by atoms with Gasteiger partial charge in [-0.2, -0.15) is 15.0 Å². The van der Waals surface area contributed by atoms with Crippen molar-refractivity contribution in [2.75, 3.05) is 16.0 Å². The second-order valence-electron chi connectivity index (χ2n) is 8.37. The molecule has 0 fully saturated rings. The number of aromatic nitrogens is 3. The summed E-state index contributed by atoms with van der Waals surface area (Å²) < 4.78 is 0. The van der Waals surface area contributed by atoms with E-state index in [0.717, 1.165) is 16.7 Å². The molecule has 198 valence electrons. The van der Waals surface area contributed by atoms with E-state index in [1.807, 2.05) is 0 Å². The third kappa shape index (κ3) is 7.49. The van der Waals surface area contributed by atoms with Gasteiger partial charge in [0.15, 0.2) is 0 Å². The maximum Gasteiger partial charge on any atom is 0.335 e. The molecule has 39 heavy (non-hydrogen) atoms. The zero-order valence-electron chi connectivity index (χ0n) is 20.5. The van der Waals surface area contributed by atoms with Crippen molar-refractivity contribution in [3.05, 3.63) is 106 Å². The summed E-state index contributed by atoms with van der Waals surface area (Å²) in [5, 5.41) is 36.6. The number of hydrogen-bond donors (Lipinski definition) is 6. The average Bonchev–Trinajstić information content (AvgIpc) is 2.94. The highest BCUT2D eigenvalue weighted by Crippen LogP contribution is 2.15. The first-order chi connectivity index (χ1) is 18.8. The third-order valence-electron chi connectivity index (χ3n) is 5.59. The Kier molecular flexibility index (Phi) is 8.27. The summed E-state index contributed by atoms with van der Waals surface area (Å²) in [5.74, 6) is -2.23. The SMILES string of the molecule is O=C(O)c1ccc(CNc2nc(NCc3ccc(C(=O)O)cc3)nc(NCc3ccc(C(=O)O)cc3)n2)cc1. The number of carboxylic acids is 3. The molecule has 1 aromatic heterocycles. The summed E-state index contributed by atoms with van der Waals surface area (Å²) in [5.41, 5.74) is 3.02. The van der Waals surface area contributed by atoms with Crippen LogP contribution in [0.5, 0.6) is 0 Å². The van der Waals surface area contributed by atoms with E-state index in [4.69, 9.17) is 15.3 Å². The largest absolute Gasteiger partial charge is 0.478 e. The maximum atomic E-state index is 11.1. The molecule has 6 N–H and O–H groups in total. The number of hydrogen-bond acceptors (Lipinski definition) is 9. The fourth-order valence-electron chi connectivity index (χ4n) is 3.45. The van der Waals surface area contributed by atoms with Crippen LogP contribution in [0, 0.1) is 0 Å². The van der Waals surface area contributed by atoms with Crippen LogP contribution in [-0.2, 0) is 19.6 Å². The Balaban J connectivity index is 1.48. The quantitative estimate of drug-likeness (QED) is 0.156. The molecule has 0 unspecified atom stereocenters. The van der Waals surface area contributed by atoms with Crippen molar-refractivity contribution in [1.82, 2.24) is 15.0 Å². The molecule has 4 aromatic rings. The van der Waals surface area contributed by atoms with Gasteiger partial charge in [0.05, 0.1) is 16.7 Å². The van der Waals surface area contributed by atoms with E-state index in [9.17, 15) is 14.4 Å². The van der Waals surface area contributed by atoms with Crippen LogP contribution in [0.25, 0.3) is 0 Å². The van der Waals surface area contributed by atoms with Gasteiger partial charge < -0.3 is 31.3 Å². The van der Waals surface area contributed by atoms with Crippen LogP contribution in [0.3, 0.4) is 0 Å². The van der Waals surface area contributed by atoms with Crippen molar-refractivity contribution < 1.29 is 29.7 Å². The van der Waals surface area contributed by atoms with Crippen molar-refractivity contribution in [2.45, 2.75) is 19.6 Å². The van der Waals surface area contributed by atoms with Crippen LogP contribution < -0.4 is 16.0 Å². The normalized spacial score (nSPS) is 10.5. The Bertz CT molecular complexity index is 1280. The Morgan fingerprint density at radius 3 is 0.897 bits per heavy atom. The molecule has 0 bridgehead atoms. The van der Waals surface area contributed by atoms with Gasteiger partial charge in [0, 0.05) is 19.6 Å². The molecular weight excluding hydrogens is 504 g/mol. The smallest absolute Gasteiger partial charge is 0.335 e. The molecule has 0 atom stereocenters. The van der Waals surface area contributed by atoms with Gasteiger partial charge in [-0.05, 0) is 53.1 Å². The number of aromatic carboxylic acids is 3. The van der Waals surface area contributed by atoms with Gasteiger partial charge in [0.25, 0.3) is 0 Å². The molecule has 12 heteroatoms. The summed E-state index contributed by atoms with van der Waals surface area (Å²) in [6.07, 6.45) is 0. The van der Waals surface area contributed by atoms with E-state index in [1.165, 1.54) is 36.4 Å². The first-order valence-corrected chi connectivity index (χ1v) is 11.7. The van der Waals surface area contributed by atoms with E-state index in [2.05, 4.69) is 30.9 Å². The molecule has 0 saturated heterocycles. The lowest BCUT2D eigenvalue weighted by Crippen LogP contribution is -2.13. The number of carbonyl (C=O) groups is 3. The minimum absolute atomic E-state index is 0.185. The fraction of sp³-hybridized carbons (Fsp3) is 0.111. The predicted octanol–water partition coefficient (Wildman–Crippen LogP) is 3.80. The monoisotopic (exact) mass is 528 g/mol. The lowest BCUT2D eigenvalue weighted by Gasteiger charge is -2.12. The van der Waals surface area contributed by atoms with Gasteiger partial charge in [-0.15, -0.1) is 0 Å². The summed E-state index contributed by atoms with van der Waals surface area (Å²) in [6, 6.07) is 19.2. The first-order valence-electron chi connectivity index (χ1n) is 11.7. The summed E-state index contributed by atoms with van der Waals surface area (Å²) in [6.45, 7) is 0.988. The minimum atomic E-state index is -1.01. The van der Waals surface area contributed by atoms with Crippen LogP contribution in [0.1, 0.15) is 47.8 Å². The molecule has 0 aliphatic rings. The average molecular weight is 529 g/mol. The lowest BCUT2D eigenvalue weighted by atomic mass is 10.1. The number of anilines is 3.